The van der Waals surface area contributed by atoms with Crippen LogP contribution in [0.1, 0.15) is 46.0 Å². The average Bonchev–Trinajstić information content (AvgIpc) is 2.18. The molecular formula is C12H26N2. The Kier molecular flexibility index (Phi) is 5.49. The lowest BCUT2D eigenvalue weighted by Gasteiger charge is -2.32. The van der Waals surface area contributed by atoms with Crippen molar-refractivity contribution in [3.8, 4) is 0 Å². The number of nitrogens with two attached hydrogens (primary N) is 1. The first-order valence-electron chi connectivity index (χ1n) is 6.17. The maximum absolute atomic E-state index is 5.46. The average molecular weight is 198 g/mol. The third-order valence-corrected chi connectivity index (χ3v) is 3.66. The van der Waals surface area contributed by atoms with E-state index in [4.69, 9.17) is 5.73 Å². The SMILES string of the molecule is CC1CCC(NCCCCN)CC1C. The fourth-order valence-corrected chi connectivity index (χ4v) is 2.31. The van der Waals surface area contributed by atoms with Crippen LogP contribution in [-0.2, 0) is 0 Å². The van der Waals surface area contributed by atoms with E-state index in [0.29, 0.717) is 0 Å². The van der Waals surface area contributed by atoms with Gasteiger partial charge in [-0.05, 0) is 57.0 Å². The molecule has 0 spiro atoms. The molecule has 0 aromatic rings. The molecule has 3 atom stereocenters. The molecule has 3 N–H and O–H groups in total. The molecule has 0 bridgehead atoms. The van der Waals surface area contributed by atoms with Crippen molar-refractivity contribution < 1.29 is 0 Å². The lowest BCUT2D eigenvalue weighted by Crippen LogP contribution is -2.36. The molecule has 0 radical (unpaired) electrons. The summed E-state index contributed by atoms with van der Waals surface area (Å²) in [4.78, 5) is 0. The number of rotatable bonds is 5. The molecule has 1 aliphatic carbocycles. The van der Waals surface area contributed by atoms with E-state index in [1.807, 2.05) is 0 Å². The van der Waals surface area contributed by atoms with Crippen molar-refractivity contribution in [2.45, 2.75) is 52.0 Å². The second kappa shape index (κ2) is 6.41. The van der Waals surface area contributed by atoms with Gasteiger partial charge in [0.1, 0.15) is 0 Å². The van der Waals surface area contributed by atoms with Gasteiger partial charge in [0.2, 0.25) is 0 Å². The first-order valence-corrected chi connectivity index (χ1v) is 6.17. The Morgan fingerprint density at radius 2 is 1.93 bits per heavy atom. The molecule has 0 aromatic carbocycles. The second-order valence-corrected chi connectivity index (χ2v) is 4.91. The summed E-state index contributed by atoms with van der Waals surface area (Å²) in [5.41, 5.74) is 5.46. The fraction of sp³-hybridized carbons (Fsp3) is 1.00. The summed E-state index contributed by atoms with van der Waals surface area (Å²) in [6, 6.07) is 0.777. The summed E-state index contributed by atoms with van der Waals surface area (Å²) in [5.74, 6) is 1.83. The van der Waals surface area contributed by atoms with Crippen molar-refractivity contribution in [3.05, 3.63) is 0 Å². The van der Waals surface area contributed by atoms with Crippen LogP contribution in [0.5, 0.6) is 0 Å². The summed E-state index contributed by atoms with van der Waals surface area (Å²) in [5, 5.41) is 3.65. The second-order valence-electron chi connectivity index (χ2n) is 4.91. The van der Waals surface area contributed by atoms with Gasteiger partial charge in [-0.2, -0.15) is 0 Å². The van der Waals surface area contributed by atoms with Crippen molar-refractivity contribution in [3.63, 3.8) is 0 Å². The van der Waals surface area contributed by atoms with Crippen LogP contribution in [0.15, 0.2) is 0 Å². The van der Waals surface area contributed by atoms with E-state index in [1.165, 1.54) is 25.7 Å². The number of unbranched alkanes of at least 4 members (excludes halogenated alkanes) is 1. The van der Waals surface area contributed by atoms with Gasteiger partial charge in [0.05, 0.1) is 0 Å². The lowest BCUT2D eigenvalue weighted by atomic mass is 9.79. The zero-order valence-electron chi connectivity index (χ0n) is 9.76. The van der Waals surface area contributed by atoms with Crippen molar-refractivity contribution >= 4 is 0 Å². The highest BCUT2D eigenvalue weighted by molar-refractivity contribution is 4.79. The van der Waals surface area contributed by atoms with Crippen molar-refractivity contribution in [1.82, 2.24) is 5.32 Å². The minimum absolute atomic E-state index is 0.777. The van der Waals surface area contributed by atoms with E-state index in [9.17, 15) is 0 Å². The van der Waals surface area contributed by atoms with Crippen LogP contribution >= 0.6 is 0 Å². The van der Waals surface area contributed by atoms with E-state index in [-0.39, 0.29) is 0 Å². The summed E-state index contributed by atoms with van der Waals surface area (Å²) in [6.45, 7) is 6.76. The molecule has 14 heavy (non-hydrogen) atoms. The predicted octanol–water partition coefficient (Wildman–Crippen LogP) is 2.14. The van der Waals surface area contributed by atoms with Gasteiger partial charge in [-0.3, -0.25) is 0 Å². The molecule has 84 valence electrons. The van der Waals surface area contributed by atoms with Gasteiger partial charge in [0, 0.05) is 6.04 Å². The molecule has 0 aromatic heterocycles. The van der Waals surface area contributed by atoms with Crippen molar-refractivity contribution in [1.29, 1.82) is 0 Å². The fourth-order valence-electron chi connectivity index (χ4n) is 2.31. The maximum Gasteiger partial charge on any atom is 0.00698 e. The van der Waals surface area contributed by atoms with Gasteiger partial charge in [-0.1, -0.05) is 13.8 Å². The van der Waals surface area contributed by atoms with E-state index < -0.39 is 0 Å². The molecule has 1 fully saturated rings. The quantitative estimate of drug-likeness (QED) is 0.664. The molecule has 0 amide bonds. The Balaban J connectivity index is 2.07. The smallest absolute Gasteiger partial charge is 0.00698 e. The maximum atomic E-state index is 5.46. The van der Waals surface area contributed by atoms with Crippen LogP contribution in [0.25, 0.3) is 0 Å². The van der Waals surface area contributed by atoms with Crippen LogP contribution < -0.4 is 11.1 Å². The van der Waals surface area contributed by atoms with Crippen molar-refractivity contribution in [2.24, 2.45) is 17.6 Å². The summed E-state index contributed by atoms with van der Waals surface area (Å²) in [7, 11) is 0. The molecule has 1 rings (SSSR count). The minimum atomic E-state index is 0.777. The molecule has 0 aliphatic heterocycles. The normalized spacial score (nSPS) is 33.2. The van der Waals surface area contributed by atoms with E-state index in [1.54, 1.807) is 0 Å². The van der Waals surface area contributed by atoms with Crippen LogP contribution in [-0.4, -0.2) is 19.1 Å². The van der Waals surface area contributed by atoms with Gasteiger partial charge < -0.3 is 11.1 Å². The van der Waals surface area contributed by atoms with E-state index in [2.05, 4.69) is 19.2 Å². The summed E-state index contributed by atoms with van der Waals surface area (Å²) < 4.78 is 0. The molecule has 3 unspecified atom stereocenters. The van der Waals surface area contributed by atoms with E-state index >= 15 is 0 Å². The van der Waals surface area contributed by atoms with Gasteiger partial charge in [-0.15, -0.1) is 0 Å². The van der Waals surface area contributed by atoms with Gasteiger partial charge >= 0.3 is 0 Å². The Morgan fingerprint density at radius 1 is 1.14 bits per heavy atom. The van der Waals surface area contributed by atoms with Gasteiger partial charge in [0.25, 0.3) is 0 Å². The molecule has 2 heteroatoms. The molecule has 0 saturated heterocycles. The topological polar surface area (TPSA) is 38.0 Å². The zero-order chi connectivity index (χ0) is 10.4. The van der Waals surface area contributed by atoms with Crippen LogP contribution in [0.3, 0.4) is 0 Å². The Morgan fingerprint density at radius 3 is 2.57 bits per heavy atom. The monoisotopic (exact) mass is 198 g/mol. The highest BCUT2D eigenvalue weighted by Crippen LogP contribution is 2.29. The molecule has 2 nitrogen and oxygen atoms in total. The largest absolute Gasteiger partial charge is 0.330 e. The van der Waals surface area contributed by atoms with Crippen LogP contribution in [0.2, 0.25) is 0 Å². The highest BCUT2D eigenvalue weighted by atomic mass is 14.9. The third-order valence-electron chi connectivity index (χ3n) is 3.66. The first kappa shape index (κ1) is 12.0. The van der Waals surface area contributed by atoms with Gasteiger partial charge in [-0.25, -0.2) is 0 Å². The van der Waals surface area contributed by atoms with Gasteiger partial charge in [0.15, 0.2) is 0 Å². The Bertz CT molecular complexity index is 147. The van der Waals surface area contributed by atoms with Crippen LogP contribution in [0, 0.1) is 11.8 Å². The zero-order valence-corrected chi connectivity index (χ0v) is 9.76. The Hall–Kier alpha value is -0.0800. The predicted molar refractivity (Wildman–Crippen MR) is 62.3 cm³/mol. The molecule has 1 saturated carbocycles. The summed E-state index contributed by atoms with van der Waals surface area (Å²) >= 11 is 0. The highest BCUT2D eigenvalue weighted by Gasteiger charge is 2.23. The number of hydrogen-bond acceptors (Lipinski definition) is 2. The molecule has 0 heterocycles. The lowest BCUT2D eigenvalue weighted by molar-refractivity contribution is 0.226. The number of nitrogens with one attached hydrogen (secondary N) is 1. The molecule has 1 aliphatic rings. The van der Waals surface area contributed by atoms with Crippen molar-refractivity contribution in [2.75, 3.05) is 13.1 Å². The number of hydrogen-bond donors (Lipinski definition) is 2. The molecular weight excluding hydrogens is 172 g/mol. The minimum Gasteiger partial charge on any atom is -0.330 e. The summed E-state index contributed by atoms with van der Waals surface area (Å²) in [6.07, 6.45) is 6.52. The standard InChI is InChI=1S/C12H26N2/c1-10-5-6-12(9-11(10)2)14-8-4-3-7-13/h10-12,14H,3-9,13H2,1-2H3. The first-order chi connectivity index (χ1) is 6.74. The van der Waals surface area contributed by atoms with Crippen LogP contribution in [0.4, 0.5) is 0 Å². The Labute approximate surface area is 88.6 Å². The van der Waals surface area contributed by atoms with E-state index in [0.717, 1.165) is 37.4 Å². The third kappa shape index (κ3) is 3.97.